The predicted molar refractivity (Wildman–Crippen MR) is 79.6 cm³/mol. The molecule has 0 radical (unpaired) electrons. The second-order valence-electron chi connectivity index (χ2n) is 5.26. The average molecular weight is 281 g/mol. The first-order valence-corrected chi connectivity index (χ1v) is 6.82. The van der Waals surface area contributed by atoms with Crippen molar-refractivity contribution in [3.8, 4) is 6.07 Å². The van der Waals surface area contributed by atoms with E-state index in [1.165, 1.54) is 18.2 Å². The van der Waals surface area contributed by atoms with E-state index in [4.69, 9.17) is 0 Å². The predicted octanol–water partition coefficient (Wildman–Crippen LogP) is 4.44. The summed E-state index contributed by atoms with van der Waals surface area (Å²) in [5, 5.41) is 9.29. The molecule has 0 aliphatic carbocycles. The van der Waals surface area contributed by atoms with E-state index in [1.54, 1.807) is 12.1 Å². The molecule has 2 rings (SSSR count). The smallest absolute Gasteiger partial charge is 0.184 e. The molecule has 106 valence electrons. The maximum Gasteiger partial charge on any atom is 0.184 e. The molecule has 21 heavy (non-hydrogen) atoms. The van der Waals surface area contributed by atoms with E-state index >= 15 is 0 Å². The number of rotatable bonds is 4. The van der Waals surface area contributed by atoms with Gasteiger partial charge in [-0.05, 0) is 29.2 Å². The van der Waals surface area contributed by atoms with Crippen molar-refractivity contribution in [1.82, 2.24) is 0 Å². The molecule has 1 atom stereocenters. The number of hydrogen-bond acceptors (Lipinski definition) is 2. The maximum absolute atomic E-state index is 13.2. The number of halogens is 1. The summed E-state index contributed by atoms with van der Waals surface area (Å²) in [6, 6.07) is 14.9. The lowest BCUT2D eigenvalue weighted by molar-refractivity contribution is 0.0978. The van der Waals surface area contributed by atoms with Gasteiger partial charge in [-0.1, -0.05) is 50.2 Å². The van der Waals surface area contributed by atoms with Crippen LogP contribution in [0.5, 0.6) is 0 Å². The molecule has 1 unspecified atom stereocenters. The van der Waals surface area contributed by atoms with E-state index in [1.807, 2.05) is 18.2 Å². The first kappa shape index (κ1) is 14.9. The zero-order valence-corrected chi connectivity index (χ0v) is 12.0. The number of carbonyl (C=O) groups excluding carboxylic acids is 1. The van der Waals surface area contributed by atoms with Gasteiger partial charge in [-0.25, -0.2) is 4.39 Å². The number of nitrogens with zero attached hydrogens (tertiary/aromatic N) is 1. The number of hydrogen-bond donors (Lipinski definition) is 0. The number of nitriles is 1. The molecule has 2 nitrogen and oxygen atoms in total. The molecule has 0 fully saturated rings. The van der Waals surface area contributed by atoms with Crippen LogP contribution in [-0.4, -0.2) is 5.78 Å². The van der Waals surface area contributed by atoms with Gasteiger partial charge in [0.05, 0.1) is 6.07 Å². The van der Waals surface area contributed by atoms with E-state index in [0.29, 0.717) is 11.5 Å². The van der Waals surface area contributed by atoms with Crippen molar-refractivity contribution in [1.29, 1.82) is 5.26 Å². The van der Waals surface area contributed by atoms with E-state index in [-0.39, 0.29) is 11.3 Å². The molecule has 0 aliphatic heterocycles. The van der Waals surface area contributed by atoms with Gasteiger partial charge in [0.15, 0.2) is 5.78 Å². The largest absolute Gasteiger partial charge is 0.292 e. The third-order valence-corrected chi connectivity index (χ3v) is 3.44. The Morgan fingerprint density at radius 3 is 2.24 bits per heavy atom. The molecule has 0 saturated carbocycles. The number of benzene rings is 2. The van der Waals surface area contributed by atoms with Crippen molar-refractivity contribution in [3.05, 3.63) is 71.0 Å². The quantitative estimate of drug-likeness (QED) is 0.777. The average Bonchev–Trinajstić information content (AvgIpc) is 2.48. The standard InChI is InChI=1S/C18H16FNO/c1-12(2)13-6-8-14(9-7-13)17(11-20)18(21)15-4-3-5-16(19)10-15/h3-10,12,17H,1-2H3. The van der Waals surface area contributed by atoms with Crippen molar-refractivity contribution in [2.45, 2.75) is 25.7 Å². The minimum absolute atomic E-state index is 0.217. The lowest BCUT2D eigenvalue weighted by Gasteiger charge is -2.11. The Bertz CT molecular complexity index is 683. The third kappa shape index (κ3) is 3.35. The Hall–Kier alpha value is -2.47. The number of Topliss-reactive ketones (excluding diaryl/α,β-unsaturated/α-hetero) is 1. The minimum atomic E-state index is -0.909. The highest BCUT2D eigenvalue weighted by Gasteiger charge is 2.22. The lowest BCUT2D eigenvalue weighted by Crippen LogP contribution is -2.11. The van der Waals surface area contributed by atoms with Gasteiger partial charge in [0.25, 0.3) is 0 Å². The van der Waals surface area contributed by atoms with Crippen LogP contribution in [0.25, 0.3) is 0 Å². The van der Waals surface area contributed by atoms with Crippen LogP contribution in [0.3, 0.4) is 0 Å². The highest BCUT2D eigenvalue weighted by atomic mass is 19.1. The SMILES string of the molecule is CC(C)c1ccc(C(C#N)C(=O)c2cccc(F)c2)cc1. The summed E-state index contributed by atoms with van der Waals surface area (Å²) in [5.74, 6) is -1.38. The normalized spacial score (nSPS) is 12.0. The molecule has 0 N–H and O–H groups in total. The highest BCUT2D eigenvalue weighted by molar-refractivity contribution is 6.02. The maximum atomic E-state index is 13.2. The van der Waals surface area contributed by atoms with Crippen molar-refractivity contribution in [2.75, 3.05) is 0 Å². The molecular formula is C18H16FNO. The van der Waals surface area contributed by atoms with Gasteiger partial charge in [-0.3, -0.25) is 4.79 Å². The zero-order chi connectivity index (χ0) is 15.4. The molecule has 0 bridgehead atoms. The fourth-order valence-electron chi connectivity index (χ4n) is 2.17. The van der Waals surface area contributed by atoms with E-state index in [0.717, 1.165) is 11.6 Å². The summed E-state index contributed by atoms with van der Waals surface area (Å²) >= 11 is 0. The molecule has 0 aromatic heterocycles. The van der Waals surface area contributed by atoms with Crippen LogP contribution < -0.4 is 0 Å². The first-order chi connectivity index (χ1) is 10.0. The second-order valence-corrected chi connectivity index (χ2v) is 5.26. The monoisotopic (exact) mass is 281 g/mol. The van der Waals surface area contributed by atoms with E-state index in [2.05, 4.69) is 13.8 Å². The molecule has 0 spiro atoms. The molecule has 3 heteroatoms. The summed E-state index contributed by atoms with van der Waals surface area (Å²) in [7, 11) is 0. The lowest BCUT2D eigenvalue weighted by atomic mass is 9.90. The van der Waals surface area contributed by atoms with E-state index < -0.39 is 11.7 Å². The minimum Gasteiger partial charge on any atom is -0.292 e. The van der Waals surface area contributed by atoms with Crippen molar-refractivity contribution in [2.24, 2.45) is 0 Å². The summed E-state index contributed by atoms with van der Waals surface area (Å²) < 4.78 is 13.2. The third-order valence-electron chi connectivity index (χ3n) is 3.44. The molecule has 2 aromatic rings. The van der Waals surface area contributed by atoms with Crippen LogP contribution in [0, 0.1) is 17.1 Å². The fourth-order valence-corrected chi connectivity index (χ4v) is 2.17. The summed E-state index contributed by atoms with van der Waals surface area (Å²) in [6.07, 6.45) is 0. The first-order valence-electron chi connectivity index (χ1n) is 6.82. The fraction of sp³-hybridized carbons (Fsp3) is 0.222. The van der Waals surface area contributed by atoms with Crippen LogP contribution in [0.1, 0.15) is 47.2 Å². The van der Waals surface area contributed by atoms with Crippen LogP contribution in [0.4, 0.5) is 4.39 Å². The van der Waals surface area contributed by atoms with Gasteiger partial charge < -0.3 is 0 Å². The molecule has 2 aromatic carbocycles. The number of carbonyl (C=O) groups is 1. The second kappa shape index (κ2) is 6.32. The van der Waals surface area contributed by atoms with Crippen LogP contribution >= 0.6 is 0 Å². The van der Waals surface area contributed by atoms with Crippen molar-refractivity contribution in [3.63, 3.8) is 0 Å². The van der Waals surface area contributed by atoms with Gasteiger partial charge >= 0.3 is 0 Å². The van der Waals surface area contributed by atoms with E-state index in [9.17, 15) is 14.4 Å². The number of ketones is 1. The van der Waals surface area contributed by atoms with Gasteiger partial charge in [-0.15, -0.1) is 0 Å². The van der Waals surface area contributed by atoms with Gasteiger partial charge in [0.1, 0.15) is 11.7 Å². The summed E-state index contributed by atoms with van der Waals surface area (Å²) in [5.41, 5.74) is 2.00. The van der Waals surface area contributed by atoms with Gasteiger partial charge in [-0.2, -0.15) is 5.26 Å². The van der Waals surface area contributed by atoms with Crippen LogP contribution in [-0.2, 0) is 0 Å². The zero-order valence-electron chi connectivity index (χ0n) is 12.0. The highest BCUT2D eigenvalue weighted by Crippen LogP contribution is 2.23. The Kier molecular flexibility index (Phi) is 4.49. The van der Waals surface area contributed by atoms with Crippen LogP contribution in [0.15, 0.2) is 48.5 Å². The Morgan fingerprint density at radius 1 is 1.10 bits per heavy atom. The van der Waals surface area contributed by atoms with Gasteiger partial charge in [0, 0.05) is 5.56 Å². The van der Waals surface area contributed by atoms with Crippen LogP contribution in [0.2, 0.25) is 0 Å². The molecule has 0 heterocycles. The molecule has 0 saturated heterocycles. The Labute approximate surface area is 123 Å². The molecule has 0 amide bonds. The summed E-state index contributed by atoms with van der Waals surface area (Å²) in [4.78, 5) is 12.4. The Morgan fingerprint density at radius 2 is 1.71 bits per heavy atom. The molecular weight excluding hydrogens is 265 g/mol. The topological polar surface area (TPSA) is 40.9 Å². The Balaban J connectivity index is 2.31. The van der Waals surface area contributed by atoms with Gasteiger partial charge in [0.2, 0.25) is 0 Å². The van der Waals surface area contributed by atoms with Crippen molar-refractivity contribution >= 4 is 5.78 Å². The molecule has 0 aliphatic rings. The summed E-state index contributed by atoms with van der Waals surface area (Å²) in [6.45, 7) is 4.16. The van der Waals surface area contributed by atoms with Crippen molar-refractivity contribution < 1.29 is 9.18 Å².